The van der Waals surface area contributed by atoms with Crippen molar-refractivity contribution >= 4 is 22.8 Å². The van der Waals surface area contributed by atoms with Gasteiger partial charge in [-0.05, 0) is 32.4 Å². The predicted molar refractivity (Wildman–Crippen MR) is 76.6 cm³/mol. The van der Waals surface area contributed by atoms with Gasteiger partial charge in [0, 0.05) is 22.1 Å². The summed E-state index contributed by atoms with van der Waals surface area (Å²) in [7, 11) is 0. The first-order valence-corrected chi connectivity index (χ1v) is 6.94. The normalized spacial score (nSPS) is 12.8. The summed E-state index contributed by atoms with van der Waals surface area (Å²) < 4.78 is 1.85. The topological polar surface area (TPSA) is 55.1 Å². The van der Waals surface area contributed by atoms with Gasteiger partial charge in [-0.15, -0.1) is 21.5 Å². The minimum absolute atomic E-state index is 0.195. The lowest BCUT2D eigenvalue weighted by Gasteiger charge is -2.14. The van der Waals surface area contributed by atoms with Crippen LogP contribution in [0.25, 0.3) is 5.65 Å². The lowest BCUT2D eigenvalue weighted by atomic mass is 10.1. The quantitative estimate of drug-likeness (QED) is 0.797. The number of aryl methyl sites for hydroxylation is 2. The van der Waals surface area contributed by atoms with Gasteiger partial charge in [-0.25, -0.2) is 4.98 Å². The van der Waals surface area contributed by atoms with Crippen molar-refractivity contribution in [1.29, 1.82) is 0 Å². The molecule has 0 fully saturated rings. The molecule has 3 aromatic heterocycles. The van der Waals surface area contributed by atoms with Crippen LogP contribution >= 0.6 is 11.3 Å². The molecule has 0 aliphatic rings. The fraction of sp³-hybridized carbons (Fsp3) is 0.308. The average Bonchev–Trinajstić information content (AvgIpc) is 2.96. The number of nitrogens with one attached hydrogen (secondary N) is 1. The van der Waals surface area contributed by atoms with Crippen molar-refractivity contribution in [2.45, 2.75) is 26.8 Å². The zero-order chi connectivity index (χ0) is 13.4. The summed E-state index contributed by atoms with van der Waals surface area (Å²) >= 11 is 1.82. The highest BCUT2D eigenvalue weighted by molar-refractivity contribution is 7.12. The van der Waals surface area contributed by atoms with Crippen LogP contribution in [0.1, 0.15) is 28.3 Å². The Morgan fingerprint density at radius 1 is 1.37 bits per heavy atom. The highest BCUT2D eigenvalue weighted by Gasteiger charge is 2.13. The Bertz CT molecular complexity index is 715. The molecular formula is C13H15N5S. The summed E-state index contributed by atoms with van der Waals surface area (Å²) in [6.45, 7) is 6.41. The van der Waals surface area contributed by atoms with Gasteiger partial charge >= 0.3 is 0 Å². The summed E-state index contributed by atoms with van der Waals surface area (Å²) in [4.78, 5) is 7.02. The van der Waals surface area contributed by atoms with Crippen molar-refractivity contribution in [3.63, 3.8) is 0 Å². The summed E-state index contributed by atoms with van der Waals surface area (Å²) in [5.41, 5.74) is 2.06. The van der Waals surface area contributed by atoms with Crippen LogP contribution in [0.2, 0.25) is 0 Å². The minimum Gasteiger partial charge on any atom is -0.360 e. The predicted octanol–water partition coefficient (Wildman–Crippen LogP) is 2.98. The molecule has 0 radical (unpaired) electrons. The number of fused-ring (bicyclic) bond motifs is 1. The van der Waals surface area contributed by atoms with Gasteiger partial charge in [-0.3, -0.25) is 4.40 Å². The van der Waals surface area contributed by atoms with Crippen molar-refractivity contribution in [2.24, 2.45) is 0 Å². The van der Waals surface area contributed by atoms with Crippen LogP contribution in [0.5, 0.6) is 0 Å². The molecule has 98 valence electrons. The summed E-state index contributed by atoms with van der Waals surface area (Å²) in [5, 5.41) is 11.4. The highest BCUT2D eigenvalue weighted by atomic mass is 32.1. The van der Waals surface area contributed by atoms with E-state index < -0.39 is 0 Å². The smallest absolute Gasteiger partial charge is 0.203 e. The van der Waals surface area contributed by atoms with Crippen LogP contribution in [-0.2, 0) is 0 Å². The minimum atomic E-state index is 0.195. The van der Waals surface area contributed by atoms with Crippen molar-refractivity contribution in [3.05, 3.63) is 40.1 Å². The Kier molecular flexibility index (Phi) is 2.94. The van der Waals surface area contributed by atoms with Crippen molar-refractivity contribution < 1.29 is 0 Å². The molecule has 1 N–H and O–H groups in total. The van der Waals surface area contributed by atoms with E-state index in [1.807, 2.05) is 21.9 Å². The van der Waals surface area contributed by atoms with Crippen LogP contribution in [0.15, 0.2) is 24.8 Å². The lowest BCUT2D eigenvalue weighted by molar-refractivity contribution is 0.869. The number of anilines is 1. The second kappa shape index (κ2) is 4.62. The maximum absolute atomic E-state index is 4.35. The Morgan fingerprint density at radius 3 is 2.95 bits per heavy atom. The number of rotatable bonds is 3. The molecule has 0 aliphatic heterocycles. The van der Waals surface area contributed by atoms with Gasteiger partial charge in [0.05, 0.1) is 6.04 Å². The largest absolute Gasteiger partial charge is 0.360 e. The Labute approximate surface area is 115 Å². The number of hydrogen-bond acceptors (Lipinski definition) is 5. The molecule has 3 rings (SSSR count). The van der Waals surface area contributed by atoms with E-state index >= 15 is 0 Å². The summed E-state index contributed by atoms with van der Waals surface area (Å²) in [6.07, 6.45) is 5.26. The monoisotopic (exact) mass is 273 g/mol. The fourth-order valence-electron chi connectivity index (χ4n) is 2.22. The SMILES string of the molecule is Cc1cc(C(C)Nc2nccn3cnnc23)c(C)s1. The molecular weight excluding hydrogens is 258 g/mol. The van der Waals surface area contributed by atoms with E-state index in [2.05, 4.69) is 47.3 Å². The van der Waals surface area contributed by atoms with Gasteiger partial charge in [0.25, 0.3) is 0 Å². The van der Waals surface area contributed by atoms with Gasteiger partial charge in [0.15, 0.2) is 5.82 Å². The molecule has 3 heterocycles. The van der Waals surface area contributed by atoms with E-state index in [0.717, 1.165) is 11.5 Å². The average molecular weight is 273 g/mol. The van der Waals surface area contributed by atoms with Crippen LogP contribution in [0.3, 0.4) is 0 Å². The molecule has 0 amide bonds. The Balaban J connectivity index is 1.92. The summed E-state index contributed by atoms with van der Waals surface area (Å²) in [6, 6.07) is 2.42. The third kappa shape index (κ3) is 2.19. The number of hydrogen-bond donors (Lipinski definition) is 1. The van der Waals surface area contributed by atoms with Crippen molar-refractivity contribution in [2.75, 3.05) is 5.32 Å². The molecule has 3 aromatic rings. The van der Waals surface area contributed by atoms with E-state index in [-0.39, 0.29) is 6.04 Å². The third-order valence-electron chi connectivity index (χ3n) is 3.11. The number of thiophene rings is 1. The van der Waals surface area contributed by atoms with Gasteiger partial charge < -0.3 is 5.32 Å². The molecule has 0 spiro atoms. The first kappa shape index (κ1) is 12.1. The van der Waals surface area contributed by atoms with Gasteiger partial charge in [-0.2, -0.15) is 0 Å². The third-order valence-corrected chi connectivity index (χ3v) is 4.10. The van der Waals surface area contributed by atoms with Crippen LogP contribution in [-0.4, -0.2) is 19.6 Å². The van der Waals surface area contributed by atoms with Crippen molar-refractivity contribution in [1.82, 2.24) is 19.6 Å². The molecule has 0 saturated heterocycles. The standard InChI is InChI=1S/C13H15N5S/c1-8-6-11(10(3)19-8)9(2)16-12-13-17-15-7-18(13)5-4-14-12/h4-7,9H,1-3H3,(H,14,16). The Morgan fingerprint density at radius 2 is 2.21 bits per heavy atom. The van der Waals surface area contributed by atoms with Crippen LogP contribution in [0.4, 0.5) is 5.82 Å². The van der Waals surface area contributed by atoms with E-state index in [9.17, 15) is 0 Å². The molecule has 19 heavy (non-hydrogen) atoms. The second-order valence-corrected chi connectivity index (χ2v) is 6.03. The number of nitrogens with zero attached hydrogens (tertiary/aromatic N) is 4. The molecule has 1 unspecified atom stereocenters. The highest BCUT2D eigenvalue weighted by Crippen LogP contribution is 2.28. The van der Waals surface area contributed by atoms with Crippen molar-refractivity contribution in [3.8, 4) is 0 Å². The molecule has 6 heteroatoms. The molecule has 5 nitrogen and oxygen atoms in total. The zero-order valence-corrected chi connectivity index (χ0v) is 11.9. The maximum Gasteiger partial charge on any atom is 0.203 e. The fourth-order valence-corrected chi connectivity index (χ4v) is 3.25. The Hall–Kier alpha value is -1.95. The summed E-state index contributed by atoms with van der Waals surface area (Å²) in [5.74, 6) is 0.760. The lowest BCUT2D eigenvalue weighted by Crippen LogP contribution is -2.09. The maximum atomic E-state index is 4.35. The van der Waals surface area contributed by atoms with Gasteiger partial charge in [-0.1, -0.05) is 0 Å². The molecule has 1 atom stereocenters. The first-order chi connectivity index (χ1) is 9.15. The van der Waals surface area contributed by atoms with E-state index in [1.165, 1.54) is 15.3 Å². The van der Waals surface area contributed by atoms with Gasteiger partial charge in [0.2, 0.25) is 5.65 Å². The first-order valence-electron chi connectivity index (χ1n) is 6.13. The molecule has 0 saturated carbocycles. The van der Waals surface area contributed by atoms with E-state index in [0.29, 0.717) is 0 Å². The van der Waals surface area contributed by atoms with Crippen LogP contribution in [0, 0.1) is 13.8 Å². The molecule has 0 aliphatic carbocycles. The second-order valence-electron chi connectivity index (χ2n) is 4.57. The van der Waals surface area contributed by atoms with Crippen LogP contribution < -0.4 is 5.32 Å². The molecule has 0 aromatic carbocycles. The zero-order valence-electron chi connectivity index (χ0n) is 11.1. The number of aromatic nitrogens is 4. The van der Waals surface area contributed by atoms with E-state index in [4.69, 9.17) is 0 Å². The molecule has 0 bridgehead atoms. The van der Waals surface area contributed by atoms with Gasteiger partial charge in [0.1, 0.15) is 6.33 Å². The van der Waals surface area contributed by atoms with E-state index in [1.54, 1.807) is 12.5 Å².